The number of hydrogen-bond acceptors (Lipinski definition) is 2. The van der Waals surface area contributed by atoms with Crippen LogP contribution in [-0.2, 0) is 0 Å². The molecule has 0 heterocycles. The third kappa shape index (κ3) is 3.49. The molecule has 2 nitrogen and oxygen atoms in total. The average molecular weight is 248 g/mol. The van der Waals surface area contributed by atoms with Crippen LogP contribution in [0.1, 0.15) is 58.3 Å². The molecule has 2 unspecified atom stereocenters. The summed E-state index contributed by atoms with van der Waals surface area (Å²) in [5.41, 5.74) is 3.16. The van der Waals surface area contributed by atoms with Gasteiger partial charge in [-0.25, -0.2) is 0 Å². The van der Waals surface area contributed by atoms with E-state index < -0.39 is 7.12 Å². The molecule has 0 bridgehead atoms. The van der Waals surface area contributed by atoms with Gasteiger partial charge in [0.2, 0.25) is 0 Å². The number of rotatable bonds is 3. The Morgan fingerprint density at radius 2 is 2.11 bits per heavy atom. The smallest absolute Gasteiger partial charge is 0.427 e. The Hall–Kier alpha value is -0.535. The van der Waals surface area contributed by atoms with E-state index in [1.165, 1.54) is 44.9 Å². The maximum atomic E-state index is 9.27. The molecule has 1 saturated carbocycles. The molecule has 0 aromatic heterocycles. The molecule has 100 valence electrons. The molecular formula is C15H25BO2. The second-order valence-corrected chi connectivity index (χ2v) is 5.91. The van der Waals surface area contributed by atoms with Crippen molar-refractivity contribution in [3.63, 3.8) is 0 Å². The molecule has 18 heavy (non-hydrogen) atoms. The van der Waals surface area contributed by atoms with Gasteiger partial charge in [-0.3, -0.25) is 0 Å². The van der Waals surface area contributed by atoms with Gasteiger partial charge in [0.05, 0.1) is 0 Å². The lowest BCUT2D eigenvalue weighted by atomic mass is 9.66. The first-order chi connectivity index (χ1) is 8.68. The first-order valence-corrected chi connectivity index (χ1v) is 7.43. The maximum absolute atomic E-state index is 9.27. The molecule has 0 aliphatic heterocycles. The van der Waals surface area contributed by atoms with Crippen molar-refractivity contribution < 1.29 is 10.0 Å². The van der Waals surface area contributed by atoms with Crippen molar-refractivity contribution in [3.05, 3.63) is 23.3 Å². The highest BCUT2D eigenvalue weighted by Crippen LogP contribution is 2.39. The van der Waals surface area contributed by atoms with E-state index in [2.05, 4.69) is 12.2 Å². The summed E-state index contributed by atoms with van der Waals surface area (Å²) < 4.78 is 0. The van der Waals surface area contributed by atoms with Crippen molar-refractivity contribution in [3.8, 4) is 0 Å². The zero-order chi connectivity index (χ0) is 13.0. The van der Waals surface area contributed by atoms with Crippen LogP contribution >= 0.6 is 0 Å². The van der Waals surface area contributed by atoms with Crippen LogP contribution in [0, 0.1) is 5.92 Å². The standard InChI is InChI=1S/C15H25BO2/c1-12(16(17)18)11-14-9-5-6-10-15(14)13-7-3-2-4-8-13/h3,7,12,14,17-18H,2,4-6,8-11H2,1H3/b15-13-. The van der Waals surface area contributed by atoms with E-state index in [0.717, 1.165) is 6.42 Å². The molecule has 1 fully saturated rings. The Balaban J connectivity index is 2.10. The Kier molecular flexibility index (Phi) is 5.08. The van der Waals surface area contributed by atoms with E-state index in [1.807, 2.05) is 6.92 Å². The van der Waals surface area contributed by atoms with E-state index in [-0.39, 0.29) is 5.82 Å². The molecule has 0 aromatic carbocycles. The van der Waals surface area contributed by atoms with Gasteiger partial charge >= 0.3 is 7.12 Å². The lowest BCUT2D eigenvalue weighted by Gasteiger charge is -2.30. The fraction of sp³-hybridized carbons (Fsp3) is 0.733. The van der Waals surface area contributed by atoms with Gasteiger partial charge in [0.15, 0.2) is 0 Å². The van der Waals surface area contributed by atoms with Gasteiger partial charge in [0.25, 0.3) is 0 Å². The van der Waals surface area contributed by atoms with Crippen molar-refractivity contribution in [1.82, 2.24) is 0 Å². The van der Waals surface area contributed by atoms with Gasteiger partial charge < -0.3 is 10.0 Å². The minimum absolute atomic E-state index is 0.0173. The van der Waals surface area contributed by atoms with Crippen molar-refractivity contribution in [2.45, 2.75) is 64.1 Å². The van der Waals surface area contributed by atoms with Crippen LogP contribution in [0.15, 0.2) is 23.3 Å². The quantitative estimate of drug-likeness (QED) is 0.751. The second-order valence-electron chi connectivity index (χ2n) is 5.91. The molecule has 0 radical (unpaired) electrons. The molecule has 2 rings (SSSR count). The van der Waals surface area contributed by atoms with E-state index in [1.54, 1.807) is 11.1 Å². The third-order valence-corrected chi connectivity index (χ3v) is 4.46. The molecule has 0 amide bonds. The number of allylic oxidation sites excluding steroid dienone is 4. The van der Waals surface area contributed by atoms with Crippen LogP contribution in [0.5, 0.6) is 0 Å². The van der Waals surface area contributed by atoms with Crippen molar-refractivity contribution in [2.24, 2.45) is 5.92 Å². The van der Waals surface area contributed by atoms with Crippen LogP contribution in [0.3, 0.4) is 0 Å². The predicted octanol–water partition coefficient (Wildman–Crippen LogP) is 3.47. The van der Waals surface area contributed by atoms with Crippen LogP contribution in [0.25, 0.3) is 0 Å². The van der Waals surface area contributed by atoms with Crippen molar-refractivity contribution in [1.29, 1.82) is 0 Å². The van der Waals surface area contributed by atoms with Gasteiger partial charge in [0, 0.05) is 0 Å². The lowest BCUT2D eigenvalue weighted by molar-refractivity contribution is 0.354. The highest BCUT2D eigenvalue weighted by atomic mass is 16.4. The average Bonchev–Trinajstić information content (AvgIpc) is 2.40. The van der Waals surface area contributed by atoms with Gasteiger partial charge in [0.1, 0.15) is 0 Å². The summed E-state index contributed by atoms with van der Waals surface area (Å²) >= 11 is 0. The topological polar surface area (TPSA) is 40.5 Å². The molecule has 2 atom stereocenters. The summed E-state index contributed by atoms with van der Waals surface area (Å²) in [5.74, 6) is 0.560. The van der Waals surface area contributed by atoms with Crippen LogP contribution in [0.4, 0.5) is 0 Å². The van der Waals surface area contributed by atoms with E-state index in [9.17, 15) is 10.0 Å². The summed E-state index contributed by atoms with van der Waals surface area (Å²) in [4.78, 5) is 0. The monoisotopic (exact) mass is 248 g/mol. The Morgan fingerprint density at radius 3 is 2.78 bits per heavy atom. The fourth-order valence-electron chi connectivity index (χ4n) is 3.32. The van der Waals surface area contributed by atoms with Gasteiger partial charge in [-0.15, -0.1) is 0 Å². The van der Waals surface area contributed by atoms with Crippen molar-refractivity contribution in [2.75, 3.05) is 0 Å². The number of hydrogen-bond donors (Lipinski definition) is 2. The van der Waals surface area contributed by atoms with Crippen molar-refractivity contribution >= 4 is 7.12 Å². The minimum Gasteiger partial charge on any atom is -0.427 e. The maximum Gasteiger partial charge on any atom is 0.454 e. The molecule has 3 heteroatoms. The molecule has 0 aromatic rings. The van der Waals surface area contributed by atoms with Crippen LogP contribution in [0.2, 0.25) is 5.82 Å². The van der Waals surface area contributed by atoms with Gasteiger partial charge in [-0.1, -0.05) is 31.1 Å². The lowest BCUT2D eigenvalue weighted by Crippen LogP contribution is -2.23. The summed E-state index contributed by atoms with van der Waals surface area (Å²) in [6.07, 6.45) is 14.3. The SMILES string of the molecule is CC(CC1CCCC/C1=C1\C=CCCC1)B(O)O. The zero-order valence-corrected chi connectivity index (χ0v) is 11.4. The molecular weight excluding hydrogens is 223 g/mol. The predicted molar refractivity (Wildman–Crippen MR) is 76.2 cm³/mol. The van der Waals surface area contributed by atoms with Crippen LogP contribution in [-0.4, -0.2) is 17.2 Å². The summed E-state index contributed by atoms with van der Waals surface area (Å²) in [7, 11) is -1.17. The molecule has 0 spiro atoms. The highest BCUT2D eigenvalue weighted by molar-refractivity contribution is 6.42. The third-order valence-electron chi connectivity index (χ3n) is 4.46. The Labute approximate surface area is 111 Å². The molecule has 2 aliphatic rings. The van der Waals surface area contributed by atoms with Gasteiger partial charge in [-0.2, -0.15) is 0 Å². The van der Waals surface area contributed by atoms with Gasteiger partial charge in [-0.05, 0) is 62.3 Å². The highest BCUT2D eigenvalue weighted by Gasteiger charge is 2.27. The first-order valence-electron chi connectivity index (χ1n) is 7.43. The fourth-order valence-corrected chi connectivity index (χ4v) is 3.32. The molecule has 2 N–H and O–H groups in total. The second kappa shape index (κ2) is 6.58. The summed E-state index contributed by atoms with van der Waals surface area (Å²) in [5, 5.41) is 18.5. The van der Waals surface area contributed by atoms with E-state index >= 15 is 0 Å². The Bertz CT molecular complexity index is 333. The zero-order valence-electron chi connectivity index (χ0n) is 11.4. The van der Waals surface area contributed by atoms with E-state index in [0.29, 0.717) is 5.92 Å². The normalized spacial score (nSPS) is 30.3. The Morgan fingerprint density at radius 1 is 1.28 bits per heavy atom. The summed E-state index contributed by atoms with van der Waals surface area (Å²) in [6, 6.07) is 0. The summed E-state index contributed by atoms with van der Waals surface area (Å²) in [6.45, 7) is 1.94. The van der Waals surface area contributed by atoms with E-state index in [4.69, 9.17) is 0 Å². The van der Waals surface area contributed by atoms with Crippen LogP contribution < -0.4 is 0 Å². The molecule has 0 saturated heterocycles. The first kappa shape index (κ1) is 13.9. The largest absolute Gasteiger partial charge is 0.454 e. The molecule has 2 aliphatic carbocycles. The minimum atomic E-state index is -1.17.